The van der Waals surface area contributed by atoms with Crippen molar-refractivity contribution in [3.8, 4) is 11.5 Å². The molecule has 0 aliphatic heterocycles. The van der Waals surface area contributed by atoms with Crippen molar-refractivity contribution in [3.05, 3.63) is 48.5 Å². The third-order valence-corrected chi connectivity index (χ3v) is 3.04. The third kappa shape index (κ3) is 4.98. The fraction of sp³-hybridized carbons (Fsp3) is 0.0714. The minimum absolute atomic E-state index is 0.0884. The zero-order valence-electron chi connectivity index (χ0n) is 10.4. The Morgan fingerprint density at radius 2 is 1.48 bits per heavy atom. The van der Waals surface area contributed by atoms with Gasteiger partial charge in [-0.2, -0.15) is 18.2 Å². The Bertz CT molecular complexity index is 647. The van der Waals surface area contributed by atoms with Gasteiger partial charge >= 0.3 is 5.51 Å². The largest absolute Gasteiger partial charge is 0.457 e. The molecule has 0 saturated heterocycles. The first-order valence-corrected chi connectivity index (χ1v) is 6.49. The molecule has 0 atom stereocenters. The standard InChI is InChI=1S/C14H8F3NO2S/c15-14(16,17)21-13-7-5-12(6-8-13)20-11-3-1-10(2-4-11)18-9-19/h1-8H. The Balaban J connectivity index is 2.04. The Morgan fingerprint density at radius 1 is 0.952 bits per heavy atom. The molecular formula is C14H8F3NO2S. The van der Waals surface area contributed by atoms with Gasteiger partial charge in [-0.15, -0.1) is 0 Å². The molecule has 108 valence electrons. The first-order chi connectivity index (χ1) is 9.96. The molecule has 3 nitrogen and oxygen atoms in total. The van der Waals surface area contributed by atoms with Crippen LogP contribution in [0.3, 0.4) is 0 Å². The minimum atomic E-state index is -4.31. The molecule has 0 aliphatic carbocycles. The Morgan fingerprint density at radius 3 is 1.95 bits per heavy atom. The number of hydrogen-bond acceptors (Lipinski definition) is 4. The van der Waals surface area contributed by atoms with Crippen molar-refractivity contribution in [1.29, 1.82) is 0 Å². The summed E-state index contributed by atoms with van der Waals surface area (Å²) < 4.78 is 42.0. The lowest BCUT2D eigenvalue weighted by atomic mass is 10.3. The summed E-state index contributed by atoms with van der Waals surface area (Å²) in [5.74, 6) is 0.893. The van der Waals surface area contributed by atoms with Crippen LogP contribution in [0.5, 0.6) is 11.5 Å². The van der Waals surface area contributed by atoms with Crippen LogP contribution >= 0.6 is 11.8 Å². The van der Waals surface area contributed by atoms with Crippen molar-refractivity contribution >= 4 is 23.5 Å². The number of ether oxygens (including phenoxy) is 1. The molecule has 2 aromatic carbocycles. The molecular weight excluding hydrogens is 303 g/mol. The molecule has 0 aliphatic rings. The molecule has 0 N–H and O–H groups in total. The second-order valence-electron chi connectivity index (χ2n) is 3.82. The van der Waals surface area contributed by atoms with Crippen LogP contribution in [0, 0.1) is 0 Å². The summed E-state index contributed by atoms with van der Waals surface area (Å²) in [6.07, 6.45) is 1.42. The molecule has 0 spiro atoms. The highest BCUT2D eigenvalue weighted by molar-refractivity contribution is 8.00. The van der Waals surface area contributed by atoms with E-state index in [-0.39, 0.29) is 16.7 Å². The van der Waals surface area contributed by atoms with E-state index < -0.39 is 5.51 Å². The van der Waals surface area contributed by atoms with Crippen LogP contribution in [0.2, 0.25) is 0 Å². The van der Waals surface area contributed by atoms with Gasteiger partial charge in [0.25, 0.3) is 0 Å². The lowest BCUT2D eigenvalue weighted by Crippen LogP contribution is -1.98. The van der Waals surface area contributed by atoms with Gasteiger partial charge in [0.05, 0.1) is 5.69 Å². The normalized spacial score (nSPS) is 10.8. The van der Waals surface area contributed by atoms with Crippen LogP contribution in [0.4, 0.5) is 18.9 Å². The van der Waals surface area contributed by atoms with Crippen LogP contribution in [0.25, 0.3) is 0 Å². The fourth-order valence-electron chi connectivity index (χ4n) is 1.49. The summed E-state index contributed by atoms with van der Waals surface area (Å²) >= 11 is -0.181. The topological polar surface area (TPSA) is 38.7 Å². The fourth-order valence-corrected chi connectivity index (χ4v) is 2.03. The first kappa shape index (κ1) is 15.2. The average molecular weight is 311 g/mol. The van der Waals surface area contributed by atoms with E-state index >= 15 is 0 Å². The number of halogens is 3. The number of thioether (sulfide) groups is 1. The predicted octanol–water partition coefficient (Wildman–Crippen LogP) is 5.06. The second kappa shape index (κ2) is 6.47. The molecule has 0 bridgehead atoms. The lowest BCUT2D eigenvalue weighted by Gasteiger charge is -2.08. The number of hydrogen-bond donors (Lipinski definition) is 0. The van der Waals surface area contributed by atoms with Crippen LogP contribution < -0.4 is 4.74 Å². The van der Waals surface area contributed by atoms with Gasteiger partial charge in [0.15, 0.2) is 0 Å². The highest BCUT2D eigenvalue weighted by Crippen LogP contribution is 2.37. The molecule has 0 amide bonds. The van der Waals surface area contributed by atoms with Crippen LogP contribution in [-0.4, -0.2) is 11.6 Å². The quantitative estimate of drug-likeness (QED) is 0.450. The van der Waals surface area contributed by atoms with E-state index in [9.17, 15) is 18.0 Å². The zero-order valence-corrected chi connectivity index (χ0v) is 11.2. The maximum Gasteiger partial charge on any atom is 0.446 e. The Labute approximate surface area is 122 Å². The van der Waals surface area contributed by atoms with Crippen molar-refractivity contribution < 1.29 is 22.7 Å². The number of alkyl halides is 3. The number of rotatable bonds is 4. The van der Waals surface area contributed by atoms with E-state index in [0.29, 0.717) is 17.2 Å². The number of nitrogens with zero attached hydrogens (tertiary/aromatic N) is 1. The molecule has 2 aromatic rings. The van der Waals surface area contributed by atoms with Crippen molar-refractivity contribution in [2.24, 2.45) is 4.99 Å². The van der Waals surface area contributed by atoms with Gasteiger partial charge in [-0.05, 0) is 60.3 Å². The van der Waals surface area contributed by atoms with Crippen molar-refractivity contribution in [1.82, 2.24) is 0 Å². The summed E-state index contributed by atoms with van der Waals surface area (Å²) in [6.45, 7) is 0. The molecule has 7 heteroatoms. The minimum Gasteiger partial charge on any atom is -0.457 e. The van der Waals surface area contributed by atoms with Gasteiger partial charge in [-0.1, -0.05) is 0 Å². The monoisotopic (exact) mass is 311 g/mol. The van der Waals surface area contributed by atoms with Crippen molar-refractivity contribution in [2.75, 3.05) is 0 Å². The maximum absolute atomic E-state index is 12.2. The second-order valence-corrected chi connectivity index (χ2v) is 4.96. The first-order valence-electron chi connectivity index (χ1n) is 5.68. The van der Waals surface area contributed by atoms with Gasteiger partial charge in [-0.3, -0.25) is 0 Å². The van der Waals surface area contributed by atoms with Gasteiger partial charge < -0.3 is 4.74 Å². The van der Waals surface area contributed by atoms with Gasteiger partial charge in [-0.25, -0.2) is 4.79 Å². The molecule has 0 unspecified atom stereocenters. The number of aliphatic imine (C=N–C) groups is 1. The summed E-state index contributed by atoms with van der Waals surface area (Å²) in [5, 5.41) is 0. The number of carbonyl (C=O) groups excluding carboxylic acids is 1. The smallest absolute Gasteiger partial charge is 0.446 e. The average Bonchev–Trinajstić information content (AvgIpc) is 2.42. The van der Waals surface area contributed by atoms with E-state index in [1.165, 1.54) is 30.3 Å². The van der Waals surface area contributed by atoms with E-state index in [1.54, 1.807) is 24.3 Å². The SMILES string of the molecule is O=C=Nc1ccc(Oc2ccc(SC(F)(F)F)cc2)cc1. The Hall–Kier alpha value is -2.24. The summed E-state index contributed by atoms with van der Waals surface area (Å²) in [5.41, 5.74) is -3.87. The molecule has 0 saturated carbocycles. The van der Waals surface area contributed by atoms with Crippen molar-refractivity contribution in [3.63, 3.8) is 0 Å². The summed E-state index contributed by atoms with van der Waals surface area (Å²) in [7, 11) is 0. The molecule has 21 heavy (non-hydrogen) atoms. The predicted molar refractivity (Wildman–Crippen MR) is 72.7 cm³/mol. The summed E-state index contributed by atoms with van der Waals surface area (Å²) in [4.78, 5) is 13.6. The van der Waals surface area contributed by atoms with E-state index in [1.807, 2.05) is 0 Å². The van der Waals surface area contributed by atoms with Gasteiger partial charge in [0.2, 0.25) is 6.08 Å². The highest BCUT2D eigenvalue weighted by atomic mass is 32.2. The van der Waals surface area contributed by atoms with E-state index in [0.717, 1.165) is 0 Å². The van der Waals surface area contributed by atoms with Crippen LogP contribution in [0.15, 0.2) is 58.4 Å². The van der Waals surface area contributed by atoms with E-state index in [2.05, 4.69) is 4.99 Å². The number of benzene rings is 2. The summed E-state index contributed by atoms with van der Waals surface area (Å²) in [6, 6.07) is 11.9. The van der Waals surface area contributed by atoms with E-state index in [4.69, 9.17) is 4.74 Å². The van der Waals surface area contributed by atoms with Crippen LogP contribution in [-0.2, 0) is 4.79 Å². The zero-order chi connectivity index (χ0) is 15.3. The van der Waals surface area contributed by atoms with Crippen LogP contribution in [0.1, 0.15) is 0 Å². The van der Waals surface area contributed by atoms with Gasteiger partial charge in [0, 0.05) is 4.90 Å². The maximum atomic E-state index is 12.2. The molecule has 0 radical (unpaired) electrons. The molecule has 0 aromatic heterocycles. The van der Waals surface area contributed by atoms with Gasteiger partial charge in [0.1, 0.15) is 11.5 Å². The number of isocyanates is 1. The third-order valence-electron chi connectivity index (χ3n) is 2.30. The molecule has 2 rings (SSSR count). The van der Waals surface area contributed by atoms with Crippen molar-refractivity contribution in [2.45, 2.75) is 10.4 Å². The Kier molecular flexibility index (Phi) is 4.67. The highest BCUT2D eigenvalue weighted by Gasteiger charge is 2.29. The molecule has 0 heterocycles. The lowest BCUT2D eigenvalue weighted by molar-refractivity contribution is -0.0328. The molecule has 0 fully saturated rings.